The van der Waals surface area contributed by atoms with Gasteiger partial charge in [-0.1, -0.05) is 13.8 Å². The number of amides is 2. The number of unbranched alkanes of at least 4 members (excludes halogenated alkanes) is 1. The van der Waals surface area contributed by atoms with Crippen LogP contribution in [0.1, 0.15) is 81.1 Å². The van der Waals surface area contributed by atoms with E-state index in [1.54, 1.807) is 0 Å². The van der Waals surface area contributed by atoms with Gasteiger partial charge in [0, 0.05) is 22.6 Å². The lowest BCUT2D eigenvalue weighted by atomic mass is 10.1. The van der Waals surface area contributed by atoms with E-state index in [-0.39, 0.29) is 24.7 Å². The van der Waals surface area contributed by atoms with E-state index in [1.807, 2.05) is 27.7 Å². The number of hydrogen-bond donors (Lipinski definition) is 2. The van der Waals surface area contributed by atoms with E-state index >= 15 is 0 Å². The maximum absolute atomic E-state index is 12.4. The number of methoxy groups -OCH3 is 2. The molecular formula is C24H32N2O6S2. The van der Waals surface area contributed by atoms with Crippen molar-refractivity contribution in [2.24, 2.45) is 0 Å². The minimum atomic E-state index is -0.463. The quantitative estimate of drug-likeness (QED) is 0.316. The highest BCUT2D eigenvalue weighted by molar-refractivity contribution is 7.17. The first-order valence-corrected chi connectivity index (χ1v) is 12.8. The van der Waals surface area contributed by atoms with Gasteiger partial charge in [-0.3, -0.25) is 9.59 Å². The molecule has 0 bridgehead atoms. The van der Waals surface area contributed by atoms with Crippen molar-refractivity contribution in [2.75, 3.05) is 24.9 Å². The molecule has 2 rings (SSSR count). The highest BCUT2D eigenvalue weighted by Gasteiger charge is 2.24. The molecule has 2 aromatic rings. The van der Waals surface area contributed by atoms with Crippen LogP contribution < -0.4 is 10.6 Å². The molecule has 0 saturated carbocycles. The lowest BCUT2D eigenvalue weighted by Gasteiger charge is -2.08. The highest BCUT2D eigenvalue weighted by atomic mass is 32.1. The molecule has 0 aliphatic rings. The molecule has 8 nitrogen and oxygen atoms in total. The van der Waals surface area contributed by atoms with Crippen molar-refractivity contribution in [1.82, 2.24) is 0 Å². The van der Waals surface area contributed by atoms with Gasteiger partial charge in [-0.2, -0.15) is 0 Å². The summed E-state index contributed by atoms with van der Waals surface area (Å²) in [5, 5.41) is 6.64. The van der Waals surface area contributed by atoms with Crippen LogP contribution in [0.25, 0.3) is 0 Å². The minimum Gasteiger partial charge on any atom is -0.465 e. The third-order valence-corrected chi connectivity index (χ3v) is 7.59. The normalized spacial score (nSPS) is 10.6. The molecule has 186 valence electrons. The molecule has 2 aromatic heterocycles. The summed E-state index contributed by atoms with van der Waals surface area (Å²) in [6.07, 6.45) is 2.78. The van der Waals surface area contributed by atoms with Crippen LogP contribution in [0.2, 0.25) is 0 Å². The lowest BCUT2D eigenvalue weighted by molar-refractivity contribution is -0.118. The number of ether oxygens (including phenoxy) is 2. The first-order chi connectivity index (χ1) is 16.2. The van der Waals surface area contributed by atoms with Crippen LogP contribution in [0.15, 0.2) is 0 Å². The second-order valence-electron chi connectivity index (χ2n) is 7.68. The molecule has 0 atom stereocenters. The van der Waals surface area contributed by atoms with Gasteiger partial charge in [0.2, 0.25) is 11.8 Å². The Kier molecular flexibility index (Phi) is 10.2. The van der Waals surface area contributed by atoms with E-state index in [4.69, 9.17) is 9.47 Å². The Hall–Kier alpha value is -2.72. The number of nitrogens with one attached hydrogen (secondary N) is 2. The maximum Gasteiger partial charge on any atom is 0.341 e. The second-order valence-corrected chi connectivity index (χ2v) is 10.1. The van der Waals surface area contributed by atoms with E-state index in [0.717, 1.165) is 20.9 Å². The summed E-state index contributed by atoms with van der Waals surface area (Å²) >= 11 is 2.72. The molecular weight excluding hydrogens is 476 g/mol. The zero-order valence-electron chi connectivity index (χ0n) is 20.5. The van der Waals surface area contributed by atoms with Crippen LogP contribution in [0.4, 0.5) is 10.0 Å². The maximum atomic E-state index is 12.4. The van der Waals surface area contributed by atoms with Crippen molar-refractivity contribution >= 4 is 56.4 Å². The van der Waals surface area contributed by atoms with Crippen LogP contribution in [-0.2, 0) is 31.9 Å². The van der Waals surface area contributed by atoms with Crippen molar-refractivity contribution in [3.63, 3.8) is 0 Å². The fourth-order valence-electron chi connectivity index (χ4n) is 3.77. The molecule has 0 spiro atoms. The number of carbonyl (C=O) groups is 4. The summed E-state index contributed by atoms with van der Waals surface area (Å²) in [5.41, 5.74) is 2.59. The number of hydrogen-bond acceptors (Lipinski definition) is 8. The minimum absolute atomic E-state index is 0.219. The van der Waals surface area contributed by atoms with Crippen molar-refractivity contribution in [2.45, 2.75) is 66.2 Å². The second kappa shape index (κ2) is 12.7. The summed E-state index contributed by atoms with van der Waals surface area (Å²) in [5.74, 6) is -1.36. The van der Waals surface area contributed by atoms with Crippen LogP contribution in [-0.4, -0.2) is 38.0 Å². The largest absolute Gasteiger partial charge is 0.465 e. The third kappa shape index (κ3) is 6.44. The third-order valence-electron chi connectivity index (χ3n) is 5.47. The number of carbonyl (C=O) groups excluding carboxylic acids is 4. The van der Waals surface area contributed by atoms with Crippen LogP contribution in [0.3, 0.4) is 0 Å². The smallest absolute Gasteiger partial charge is 0.341 e. The fraction of sp³-hybridized carbons (Fsp3) is 0.500. The molecule has 34 heavy (non-hydrogen) atoms. The predicted molar refractivity (Wildman–Crippen MR) is 135 cm³/mol. The SMILES string of the molecule is CCc1c(C)sc(NC(=O)CCCCC(=O)Nc2sc(C)c(CC)c2C(=O)OC)c1C(=O)OC. The van der Waals surface area contributed by atoms with E-state index in [1.165, 1.54) is 36.9 Å². The molecule has 2 amide bonds. The molecule has 2 N–H and O–H groups in total. The zero-order valence-corrected chi connectivity index (χ0v) is 22.1. The average Bonchev–Trinajstić information content (AvgIpc) is 3.29. The summed E-state index contributed by atoms with van der Waals surface area (Å²) in [6.45, 7) is 7.72. The molecule has 0 aliphatic heterocycles. The van der Waals surface area contributed by atoms with Gasteiger partial charge in [-0.25, -0.2) is 9.59 Å². The Morgan fingerprint density at radius 3 is 1.35 bits per heavy atom. The molecule has 2 heterocycles. The highest BCUT2D eigenvalue weighted by Crippen LogP contribution is 2.35. The van der Waals surface area contributed by atoms with E-state index in [0.29, 0.717) is 46.8 Å². The number of anilines is 2. The number of aryl methyl sites for hydroxylation is 2. The monoisotopic (exact) mass is 508 g/mol. The Labute approximate surface area is 208 Å². The van der Waals surface area contributed by atoms with Crippen molar-refractivity contribution < 1.29 is 28.7 Å². The van der Waals surface area contributed by atoms with Gasteiger partial charge in [0.15, 0.2) is 0 Å². The van der Waals surface area contributed by atoms with Gasteiger partial charge in [0.1, 0.15) is 10.0 Å². The molecule has 0 aliphatic carbocycles. The average molecular weight is 509 g/mol. The van der Waals surface area contributed by atoms with Gasteiger partial charge in [-0.15, -0.1) is 22.7 Å². The van der Waals surface area contributed by atoms with Gasteiger partial charge in [0.25, 0.3) is 0 Å². The van der Waals surface area contributed by atoms with Crippen LogP contribution in [0.5, 0.6) is 0 Å². The standard InChI is InChI=1S/C24H32N2O6S2/c1-7-15-13(3)33-21(19(15)23(29)31-5)25-17(27)11-9-10-12-18(28)26-22-20(24(30)32-6)16(8-2)14(4)34-22/h7-12H2,1-6H3,(H,25,27)(H,26,28). The molecule has 0 radical (unpaired) electrons. The van der Waals surface area contributed by atoms with E-state index < -0.39 is 11.9 Å². The van der Waals surface area contributed by atoms with Crippen molar-refractivity contribution in [3.8, 4) is 0 Å². The summed E-state index contributed by atoms with van der Waals surface area (Å²) < 4.78 is 9.76. The summed E-state index contributed by atoms with van der Waals surface area (Å²) in [6, 6.07) is 0. The first-order valence-electron chi connectivity index (χ1n) is 11.2. The number of rotatable bonds is 11. The topological polar surface area (TPSA) is 111 Å². The fourth-order valence-corrected chi connectivity index (χ4v) is 6.07. The number of thiophene rings is 2. The lowest BCUT2D eigenvalue weighted by Crippen LogP contribution is -2.15. The Bertz CT molecular complexity index is 986. The molecule has 0 aromatic carbocycles. The van der Waals surface area contributed by atoms with Gasteiger partial charge < -0.3 is 20.1 Å². The summed E-state index contributed by atoms with van der Waals surface area (Å²) in [4.78, 5) is 51.2. The molecule has 0 saturated heterocycles. The van der Waals surface area contributed by atoms with E-state index in [2.05, 4.69) is 10.6 Å². The molecule has 0 unspecified atom stereocenters. The first kappa shape index (κ1) is 27.5. The van der Waals surface area contributed by atoms with Gasteiger partial charge >= 0.3 is 11.9 Å². The Balaban J connectivity index is 1.90. The Morgan fingerprint density at radius 1 is 0.706 bits per heavy atom. The van der Waals surface area contributed by atoms with Gasteiger partial charge in [-0.05, 0) is 50.7 Å². The van der Waals surface area contributed by atoms with E-state index in [9.17, 15) is 19.2 Å². The zero-order chi connectivity index (χ0) is 25.4. The predicted octanol–water partition coefficient (Wildman–Crippen LogP) is 5.26. The molecule has 10 heteroatoms. The van der Waals surface area contributed by atoms with Crippen molar-refractivity contribution in [1.29, 1.82) is 0 Å². The van der Waals surface area contributed by atoms with Crippen LogP contribution >= 0.6 is 22.7 Å². The summed E-state index contributed by atoms with van der Waals surface area (Å²) in [7, 11) is 2.64. The van der Waals surface area contributed by atoms with Gasteiger partial charge in [0.05, 0.1) is 25.3 Å². The van der Waals surface area contributed by atoms with Crippen molar-refractivity contribution in [3.05, 3.63) is 32.0 Å². The molecule has 0 fully saturated rings. The number of esters is 2. The van der Waals surface area contributed by atoms with Crippen LogP contribution in [0, 0.1) is 13.8 Å². The Morgan fingerprint density at radius 2 is 1.06 bits per heavy atom.